The van der Waals surface area contributed by atoms with E-state index in [1.165, 1.54) is 11.4 Å². The van der Waals surface area contributed by atoms with Gasteiger partial charge in [-0.3, -0.25) is 9.10 Å². The first-order valence-electron chi connectivity index (χ1n) is 14.2. The van der Waals surface area contributed by atoms with E-state index in [4.69, 9.17) is 9.52 Å². The van der Waals surface area contributed by atoms with Crippen LogP contribution in [0.4, 0.5) is 17.1 Å². The molecule has 228 valence electrons. The predicted octanol–water partition coefficient (Wildman–Crippen LogP) is 4.38. The molecule has 1 fully saturated rings. The van der Waals surface area contributed by atoms with Crippen molar-refractivity contribution in [1.82, 2.24) is 5.32 Å². The van der Waals surface area contributed by atoms with Crippen LogP contribution < -0.4 is 19.8 Å². The minimum absolute atomic E-state index is 0.0620. The van der Waals surface area contributed by atoms with Crippen molar-refractivity contribution in [2.24, 2.45) is 5.92 Å². The molecule has 1 amide bonds. The molecule has 0 saturated carbocycles. The smallest absolute Gasteiger partial charge is 0.257 e. The number of nitrogens with one attached hydrogen (secondary N) is 3. The predicted molar refractivity (Wildman–Crippen MR) is 167 cm³/mol. The first kappa shape index (κ1) is 32.8. The van der Waals surface area contributed by atoms with Gasteiger partial charge in [-0.15, -0.1) is 0 Å². The van der Waals surface area contributed by atoms with E-state index in [2.05, 4.69) is 29.4 Å². The second-order valence-electron chi connectivity index (χ2n) is 10.6. The van der Waals surface area contributed by atoms with Crippen molar-refractivity contribution in [3.8, 4) is 0 Å². The topological polar surface area (TPSA) is 132 Å². The van der Waals surface area contributed by atoms with Gasteiger partial charge < -0.3 is 20.3 Å². The zero-order chi connectivity index (χ0) is 30.0. The zero-order valence-electron chi connectivity index (χ0n) is 24.6. The Balaban J connectivity index is 1.83. The maximum absolute atomic E-state index is 13.6. The molecular weight excluding hydrogens is 562 g/mol. The van der Waals surface area contributed by atoms with Gasteiger partial charge in [-0.2, -0.15) is 0 Å². The lowest BCUT2D eigenvalue weighted by molar-refractivity contribution is 0.102. The summed E-state index contributed by atoms with van der Waals surface area (Å²) >= 11 is 0. The Morgan fingerprint density at radius 2 is 1.80 bits per heavy atom. The number of benzene rings is 2. The molecule has 2 aromatic rings. The first-order chi connectivity index (χ1) is 19.5. The Morgan fingerprint density at radius 3 is 2.41 bits per heavy atom. The average Bonchev–Trinajstić information content (AvgIpc) is 2.95. The molecule has 0 aromatic heterocycles. The van der Waals surface area contributed by atoms with Crippen molar-refractivity contribution in [1.29, 1.82) is 4.78 Å². The van der Waals surface area contributed by atoms with Gasteiger partial charge in [0, 0.05) is 55.3 Å². The van der Waals surface area contributed by atoms with Gasteiger partial charge in [0.1, 0.15) is 0 Å². The van der Waals surface area contributed by atoms with Crippen LogP contribution in [0, 0.1) is 10.7 Å². The van der Waals surface area contributed by atoms with E-state index < -0.39 is 25.7 Å². The fraction of sp³-hybridized carbons (Fsp3) is 0.552. The monoisotopic (exact) mass is 607 g/mol. The number of nitrogens with zero attached hydrogens (tertiary/aromatic N) is 2. The van der Waals surface area contributed by atoms with Crippen LogP contribution >= 0.6 is 0 Å². The Hall–Kier alpha value is -2.67. The Labute approximate surface area is 245 Å². The van der Waals surface area contributed by atoms with Crippen LogP contribution in [-0.2, 0) is 24.5 Å². The fourth-order valence-corrected chi connectivity index (χ4v) is 7.10. The largest absolute Gasteiger partial charge is 0.383 e. The van der Waals surface area contributed by atoms with Crippen LogP contribution in [0.5, 0.6) is 0 Å². The SMILES string of the molecule is CC[C@@H](C)CCCCS(=N)(=O)c1ccc(NC(=O)c2cc(N3CCNCC3)ccc2N(CCOC)S(C)(=O)=O)cc1. The van der Waals surface area contributed by atoms with E-state index in [-0.39, 0.29) is 24.4 Å². The van der Waals surface area contributed by atoms with Gasteiger partial charge in [0.2, 0.25) is 10.0 Å². The number of carbonyl (C=O) groups is 1. The molecule has 3 rings (SSSR count). The van der Waals surface area contributed by atoms with E-state index in [9.17, 15) is 17.4 Å². The highest BCUT2D eigenvalue weighted by atomic mass is 32.2. The highest BCUT2D eigenvalue weighted by molar-refractivity contribution is 7.92. The molecule has 1 unspecified atom stereocenters. The Morgan fingerprint density at radius 1 is 1.12 bits per heavy atom. The maximum atomic E-state index is 13.6. The van der Waals surface area contributed by atoms with Crippen LogP contribution in [0.25, 0.3) is 0 Å². The highest BCUT2D eigenvalue weighted by Crippen LogP contribution is 2.29. The normalized spacial score (nSPS) is 16.1. The van der Waals surface area contributed by atoms with Crippen molar-refractivity contribution in [3.05, 3.63) is 48.0 Å². The number of unbranched alkanes of at least 4 members (excludes halogenated alkanes) is 1. The third kappa shape index (κ3) is 9.42. The van der Waals surface area contributed by atoms with Crippen molar-refractivity contribution in [2.45, 2.75) is 44.4 Å². The summed E-state index contributed by atoms with van der Waals surface area (Å²) in [4.78, 5) is 16.2. The lowest BCUT2D eigenvalue weighted by Gasteiger charge is -2.31. The number of piperazine rings is 1. The molecule has 3 N–H and O–H groups in total. The molecule has 0 aliphatic carbocycles. The molecule has 1 saturated heterocycles. The van der Waals surface area contributed by atoms with Crippen molar-refractivity contribution >= 4 is 42.7 Å². The summed E-state index contributed by atoms with van der Waals surface area (Å²) in [6, 6.07) is 11.8. The Bertz CT molecular complexity index is 1360. The molecular formula is C29H45N5O5S2. The van der Waals surface area contributed by atoms with Crippen LogP contribution in [0.15, 0.2) is 47.4 Å². The van der Waals surface area contributed by atoms with E-state index in [0.29, 0.717) is 22.3 Å². The number of amides is 1. The zero-order valence-corrected chi connectivity index (χ0v) is 26.3. The molecule has 0 bridgehead atoms. The third-order valence-corrected chi connectivity index (χ3v) is 10.5. The van der Waals surface area contributed by atoms with Gasteiger partial charge in [0.25, 0.3) is 5.91 Å². The molecule has 1 aliphatic heterocycles. The average molecular weight is 608 g/mol. The summed E-state index contributed by atoms with van der Waals surface area (Å²) in [5.41, 5.74) is 1.78. The number of anilines is 3. The second kappa shape index (κ2) is 15.0. The van der Waals surface area contributed by atoms with Gasteiger partial charge in [-0.25, -0.2) is 17.4 Å². The number of hydrogen-bond donors (Lipinski definition) is 3. The number of hydrogen-bond acceptors (Lipinski definition) is 8. The number of rotatable bonds is 15. The van der Waals surface area contributed by atoms with Crippen LogP contribution in [-0.4, -0.2) is 77.0 Å². The summed E-state index contributed by atoms with van der Waals surface area (Å²) in [5.74, 6) is 0.467. The number of carbonyl (C=O) groups excluding carboxylic acids is 1. The molecule has 12 heteroatoms. The van der Waals surface area contributed by atoms with E-state index >= 15 is 0 Å². The van der Waals surface area contributed by atoms with E-state index in [0.717, 1.165) is 63.8 Å². The van der Waals surface area contributed by atoms with Gasteiger partial charge in [-0.05, 0) is 54.8 Å². The lowest BCUT2D eigenvalue weighted by atomic mass is 10.0. The number of ether oxygens (including phenoxy) is 1. The Kier molecular flexibility index (Phi) is 12.0. The standard InChI is InChI=1S/C29H45N5O5S2/c1-5-23(2)8-6-7-21-41(30,38)26-12-9-24(10-13-26)32-29(35)27-22-25(33-17-15-31-16-18-33)11-14-28(27)34(19-20-39-3)40(4,36)37/h9-14,22-23,30-31H,5-8,15-21H2,1-4H3,(H,32,35)/t23-,41?/m1/s1. The molecule has 2 aromatic carbocycles. The summed E-state index contributed by atoms with van der Waals surface area (Å²) in [5, 5.41) is 6.17. The molecule has 41 heavy (non-hydrogen) atoms. The van der Waals surface area contributed by atoms with Crippen LogP contribution in [0.3, 0.4) is 0 Å². The highest BCUT2D eigenvalue weighted by Gasteiger charge is 2.25. The van der Waals surface area contributed by atoms with Gasteiger partial charge in [-0.1, -0.05) is 33.1 Å². The van der Waals surface area contributed by atoms with E-state index in [1.807, 2.05) is 6.07 Å². The van der Waals surface area contributed by atoms with Crippen LogP contribution in [0.2, 0.25) is 0 Å². The van der Waals surface area contributed by atoms with Gasteiger partial charge >= 0.3 is 0 Å². The summed E-state index contributed by atoms with van der Waals surface area (Å²) in [7, 11) is -5.14. The molecule has 0 spiro atoms. The first-order valence-corrected chi connectivity index (χ1v) is 17.8. The van der Waals surface area contributed by atoms with Crippen molar-refractivity contribution in [3.63, 3.8) is 0 Å². The minimum Gasteiger partial charge on any atom is -0.383 e. The molecule has 0 radical (unpaired) electrons. The summed E-state index contributed by atoms with van der Waals surface area (Å²) in [6.45, 7) is 7.76. The van der Waals surface area contributed by atoms with Gasteiger partial charge in [0.05, 0.1) is 40.4 Å². The van der Waals surface area contributed by atoms with Crippen molar-refractivity contribution in [2.75, 3.05) is 73.0 Å². The molecule has 10 nitrogen and oxygen atoms in total. The fourth-order valence-electron chi connectivity index (χ4n) is 4.76. The number of methoxy groups -OCH3 is 1. The summed E-state index contributed by atoms with van der Waals surface area (Å²) < 4.78 is 53.2. The summed E-state index contributed by atoms with van der Waals surface area (Å²) in [6.07, 6.45) is 4.97. The lowest BCUT2D eigenvalue weighted by Crippen LogP contribution is -2.43. The van der Waals surface area contributed by atoms with Crippen molar-refractivity contribution < 1.29 is 22.2 Å². The number of sulfonamides is 1. The maximum Gasteiger partial charge on any atom is 0.257 e. The quantitative estimate of drug-likeness (QED) is 0.256. The molecule has 2 atom stereocenters. The third-order valence-electron chi connectivity index (χ3n) is 7.44. The molecule has 1 heterocycles. The molecule has 1 aliphatic rings. The minimum atomic E-state index is -3.70. The second-order valence-corrected chi connectivity index (χ2v) is 14.8. The van der Waals surface area contributed by atoms with E-state index in [1.54, 1.807) is 36.4 Å². The van der Waals surface area contributed by atoms with Crippen LogP contribution in [0.1, 0.15) is 49.9 Å². The van der Waals surface area contributed by atoms with Gasteiger partial charge in [0.15, 0.2) is 0 Å².